The average molecular weight is 278 g/mol. The second-order valence-electron chi connectivity index (χ2n) is 5.45. The predicted molar refractivity (Wildman–Crippen MR) is 83.3 cm³/mol. The quantitative estimate of drug-likeness (QED) is 0.802. The van der Waals surface area contributed by atoms with Crippen LogP contribution in [-0.4, -0.2) is 0 Å². The third kappa shape index (κ3) is 4.18. The van der Waals surface area contributed by atoms with E-state index in [1.807, 2.05) is 36.4 Å². The molecule has 0 saturated carbocycles. The summed E-state index contributed by atoms with van der Waals surface area (Å²) in [5.41, 5.74) is 7.84. The van der Waals surface area contributed by atoms with Crippen molar-refractivity contribution in [1.29, 1.82) is 0 Å². The number of benzene rings is 2. The summed E-state index contributed by atoms with van der Waals surface area (Å²) in [6.45, 7) is 6.59. The number of nitrogens with two attached hydrogens (primary N) is 1. The smallest absolute Gasteiger partial charge is 0.127 e. The first-order valence-corrected chi connectivity index (χ1v) is 6.09. The van der Waals surface area contributed by atoms with Crippen molar-refractivity contribution in [2.45, 2.75) is 26.2 Å². The van der Waals surface area contributed by atoms with Crippen molar-refractivity contribution in [3.63, 3.8) is 0 Å². The molecule has 0 spiro atoms. The average Bonchev–Trinajstić information content (AvgIpc) is 2.32. The van der Waals surface area contributed by atoms with E-state index >= 15 is 0 Å². The molecule has 0 heterocycles. The molecule has 0 aromatic heterocycles. The molecule has 2 aromatic rings. The van der Waals surface area contributed by atoms with Crippen LogP contribution in [0, 0.1) is 0 Å². The summed E-state index contributed by atoms with van der Waals surface area (Å²) in [7, 11) is 0. The highest BCUT2D eigenvalue weighted by Gasteiger charge is 2.12. The van der Waals surface area contributed by atoms with Gasteiger partial charge < -0.3 is 10.5 Å². The minimum absolute atomic E-state index is 0. The molecule has 0 unspecified atom stereocenters. The zero-order valence-electron chi connectivity index (χ0n) is 11.5. The highest BCUT2D eigenvalue weighted by molar-refractivity contribution is 5.85. The van der Waals surface area contributed by atoms with E-state index in [1.54, 1.807) is 0 Å². The van der Waals surface area contributed by atoms with E-state index < -0.39 is 0 Å². The van der Waals surface area contributed by atoms with E-state index in [1.165, 1.54) is 5.56 Å². The third-order valence-corrected chi connectivity index (χ3v) is 2.84. The monoisotopic (exact) mass is 277 g/mol. The Morgan fingerprint density at radius 3 is 1.63 bits per heavy atom. The maximum atomic E-state index is 5.75. The van der Waals surface area contributed by atoms with Gasteiger partial charge in [-0.25, -0.2) is 0 Å². The molecular weight excluding hydrogens is 258 g/mol. The van der Waals surface area contributed by atoms with E-state index in [-0.39, 0.29) is 17.8 Å². The maximum absolute atomic E-state index is 5.75. The van der Waals surface area contributed by atoms with E-state index in [4.69, 9.17) is 10.5 Å². The first-order valence-electron chi connectivity index (χ1n) is 6.09. The normalized spacial score (nSPS) is 10.7. The zero-order valence-corrected chi connectivity index (χ0v) is 12.3. The number of anilines is 1. The van der Waals surface area contributed by atoms with Gasteiger partial charge in [0.25, 0.3) is 0 Å². The lowest BCUT2D eigenvalue weighted by Gasteiger charge is -2.19. The Kier molecular flexibility index (Phi) is 4.84. The lowest BCUT2D eigenvalue weighted by atomic mass is 9.87. The lowest BCUT2D eigenvalue weighted by Crippen LogP contribution is -2.10. The van der Waals surface area contributed by atoms with Crippen molar-refractivity contribution in [1.82, 2.24) is 0 Å². The van der Waals surface area contributed by atoms with Crippen molar-refractivity contribution in [2.75, 3.05) is 5.73 Å². The molecule has 19 heavy (non-hydrogen) atoms. The van der Waals surface area contributed by atoms with Crippen LogP contribution < -0.4 is 10.5 Å². The van der Waals surface area contributed by atoms with Gasteiger partial charge in [-0.1, -0.05) is 32.9 Å². The zero-order chi connectivity index (χ0) is 13.2. The predicted octanol–water partition coefficient (Wildman–Crippen LogP) is 4.78. The lowest BCUT2D eigenvalue weighted by molar-refractivity contribution is 0.481. The molecule has 0 aliphatic carbocycles. The SMILES string of the molecule is CC(C)(C)c1ccc(Oc2ccc(N)cc2)cc1.Cl. The minimum Gasteiger partial charge on any atom is -0.457 e. The van der Waals surface area contributed by atoms with Gasteiger partial charge in [-0.3, -0.25) is 0 Å². The summed E-state index contributed by atoms with van der Waals surface area (Å²) in [4.78, 5) is 0. The van der Waals surface area contributed by atoms with Gasteiger partial charge in [0.05, 0.1) is 0 Å². The summed E-state index contributed by atoms with van der Waals surface area (Å²) >= 11 is 0. The number of nitrogen functional groups attached to an aromatic ring is 1. The van der Waals surface area contributed by atoms with Crippen LogP contribution in [0.15, 0.2) is 48.5 Å². The van der Waals surface area contributed by atoms with Crippen molar-refractivity contribution in [3.8, 4) is 11.5 Å². The van der Waals surface area contributed by atoms with Gasteiger partial charge in [0.15, 0.2) is 0 Å². The fourth-order valence-corrected chi connectivity index (χ4v) is 1.69. The van der Waals surface area contributed by atoms with Gasteiger partial charge in [0, 0.05) is 5.69 Å². The summed E-state index contributed by atoms with van der Waals surface area (Å²) in [6.07, 6.45) is 0. The fourth-order valence-electron chi connectivity index (χ4n) is 1.69. The molecule has 0 fully saturated rings. The van der Waals surface area contributed by atoms with Crippen LogP contribution in [0.1, 0.15) is 26.3 Å². The van der Waals surface area contributed by atoms with Crippen LogP contribution in [-0.2, 0) is 5.41 Å². The van der Waals surface area contributed by atoms with Gasteiger partial charge in [-0.2, -0.15) is 0 Å². The Morgan fingerprint density at radius 1 is 0.789 bits per heavy atom. The Labute approximate surface area is 121 Å². The molecule has 0 aliphatic rings. The second-order valence-corrected chi connectivity index (χ2v) is 5.45. The second kappa shape index (κ2) is 5.98. The number of ether oxygens (including phenoxy) is 1. The molecular formula is C16H20ClNO. The summed E-state index contributed by atoms with van der Waals surface area (Å²) in [5.74, 6) is 1.64. The summed E-state index contributed by atoms with van der Waals surface area (Å²) < 4.78 is 5.75. The van der Waals surface area contributed by atoms with Crippen molar-refractivity contribution in [3.05, 3.63) is 54.1 Å². The highest BCUT2D eigenvalue weighted by Crippen LogP contribution is 2.27. The van der Waals surface area contributed by atoms with E-state index in [0.717, 1.165) is 17.2 Å². The summed E-state index contributed by atoms with van der Waals surface area (Å²) in [5, 5.41) is 0. The molecule has 0 saturated heterocycles. The van der Waals surface area contributed by atoms with E-state index in [0.29, 0.717) is 0 Å². The van der Waals surface area contributed by atoms with Crippen molar-refractivity contribution in [2.24, 2.45) is 0 Å². The van der Waals surface area contributed by atoms with Gasteiger partial charge in [-0.15, -0.1) is 12.4 Å². The van der Waals surface area contributed by atoms with Gasteiger partial charge >= 0.3 is 0 Å². The molecule has 0 bridgehead atoms. The minimum atomic E-state index is 0. The van der Waals surface area contributed by atoms with Crippen molar-refractivity contribution < 1.29 is 4.74 Å². The van der Waals surface area contributed by atoms with Crippen LogP contribution in [0.25, 0.3) is 0 Å². The molecule has 0 atom stereocenters. The van der Waals surface area contributed by atoms with Crippen molar-refractivity contribution >= 4 is 18.1 Å². The maximum Gasteiger partial charge on any atom is 0.127 e. The first kappa shape index (κ1) is 15.4. The van der Waals surface area contributed by atoms with Crippen LogP contribution in [0.5, 0.6) is 11.5 Å². The molecule has 2 N–H and O–H groups in total. The van der Waals surface area contributed by atoms with Crippen LogP contribution in [0.4, 0.5) is 5.69 Å². The highest BCUT2D eigenvalue weighted by atomic mass is 35.5. The Morgan fingerprint density at radius 2 is 1.21 bits per heavy atom. The Balaban J connectivity index is 0.00000180. The molecule has 2 nitrogen and oxygen atoms in total. The molecule has 0 aliphatic heterocycles. The Bertz CT molecular complexity index is 512. The number of hydrogen-bond donors (Lipinski definition) is 1. The van der Waals surface area contributed by atoms with Crippen LogP contribution in [0.3, 0.4) is 0 Å². The standard InChI is InChI=1S/C16H19NO.ClH/c1-16(2,3)12-4-8-14(9-5-12)18-15-10-6-13(17)7-11-15;/h4-11H,17H2,1-3H3;1H. The number of rotatable bonds is 2. The molecule has 0 radical (unpaired) electrons. The van der Waals surface area contributed by atoms with Gasteiger partial charge in [-0.05, 0) is 47.4 Å². The third-order valence-electron chi connectivity index (χ3n) is 2.84. The summed E-state index contributed by atoms with van der Waals surface area (Å²) in [6, 6.07) is 15.6. The molecule has 102 valence electrons. The Hall–Kier alpha value is -1.67. The van der Waals surface area contributed by atoms with E-state index in [9.17, 15) is 0 Å². The first-order chi connectivity index (χ1) is 8.45. The molecule has 2 aromatic carbocycles. The fraction of sp³-hybridized carbons (Fsp3) is 0.250. The molecule has 0 amide bonds. The molecule has 2 rings (SSSR count). The van der Waals surface area contributed by atoms with Gasteiger partial charge in [0.1, 0.15) is 11.5 Å². The molecule has 3 heteroatoms. The largest absolute Gasteiger partial charge is 0.457 e. The van der Waals surface area contributed by atoms with Gasteiger partial charge in [0.2, 0.25) is 0 Å². The van der Waals surface area contributed by atoms with Crippen LogP contribution in [0.2, 0.25) is 0 Å². The number of halogens is 1. The van der Waals surface area contributed by atoms with Crippen LogP contribution >= 0.6 is 12.4 Å². The number of hydrogen-bond acceptors (Lipinski definition) is 2. The topological polar surface area (TPSA) is 35.2 Å². The van der Waals surface area contributed by atoms with E-state index in [2.05, 4.69) is 32.9 Å².